The van der Waals surface area contributed by atoms with Crippen molar-refractivity contribution in [2.24, 2.45) is 5.92 Å². The highest BCUT2D eigenvalue weighted by Gasteiger charge is 2.16. The Balaban J connectivity index is 2.33. The smallest absolute Gasteiger partial charge is 0.313 e. The zero-order chi connectivity index (χ0) is 14.3. The van der Waals surface area contributed by atoms with Crippen LogP contribution in [-0.4, -0.2) is 25.8 Å². The second kappa shape index (κ2) is 7.79. The summed E-state index contributed by atoms with van der Waals surface area (Å²) in [5.74, 6) is -0.0748. The Kier molecular flexibility index (Phi) is 6.36. The molecule has 0 aliphatic carbocycles. The van der Waals surface area contributed by atoms with Crippen LogP contribution in [0.4, 0.5) is 5.69 Å². The first-order valence-corrected chi connectivity index (χ1v) is 6.60. The number of carbonyl (C=O) groups excluding carboxylic acids is 1. The second-order valence-electron chi connectivity index (χ2n) is 5.03. The number of hydrogen-bond donors (Lipinski definition) is 1. The third-order valence-corrected chi connectivity index (χ3v) is 2.69. The fraction of sp³-hybridized carbons (Fsp3) is 0.533. The van der Waals surface area contributed by atoms with E-state index in [4.69, 9.17) is 15.2 Å². The van der Waals surface area contributed by atoms with Crippen molar-refractivity contribution in [2.45, 2.75) is 26.7 Å². The molecule has 2 N–H and O–H groups in total. The van der Waals surface area contributed by atoms with E-state index in [1.54, 1.807) is 12.1 Å². The maximum Gasteiger partial charge on any atom is 0.313 e. The number of rotatable bonds is 7. The van der Waals surface area contributed by atoms with Crippen LogP contribution in [0.15, 0.2) is 24.3 Å². The molecule has 0 saturated carbocycles. The van der Waals surface area contributed by atoms with Crippen molar-refractivity contribution < 1.29 is 14.3 Å². The fourth-order valence-corrected chi connectivity index (χ4v) is 1.61. The maximum absolute atomic E-state index is 11.8. The topological polar surface area (TPSA) is 61.5 Å². The summed E-state index contributed by atoms with van der Waals surface area (Å²) in [5, 5.41) is 0. The van der Waals surface area contributed by atoms with Crippen LogP contribution in [0.25, 0.3) is 0 Å². The van der Waals surface area contributed by atoms with Gasteiger partial charge < -0.3 is 15.2 Å². The van der Waals surface area contributed by atoms with E-state index in [0.717, 1.165) is 5.56 Å². The van der Waals surface area contributed by atoms with Crippen LogP contribution in [0.1, 0.15) is 32.3 Å². The van der Waals surface area contributed by atoms with Crippen LogP contribution in [0.2, 0.25) is 0 Å². The molecule has 0 spiro atoms. The highest BCUT2D eigenvalue weighted by molar-refractivity contribution is 5.78. The molecule has 0 amide bonds. The molecule has 1 atom stereocenters. The summed E-state index contributed by atoms with van der Waals surface area (Å²) in [6, 6.07) is 7.29. The third-order valence-electron chi connectivity index (χ3n) is 2.69. The van der Waals surface area contributed by atoms with Gasteiger partial charge in [0.25, 0.3) is 0 Å². The van der Waals surface area contributed by atoms with Crippen molar-refractivity contribution in [3.05, 3.63) is 29.8 Å². The molecule has 1 unspecified atom stereocenters. The zero-order valence-corrected chi connectivity index (χ0v) is 11.9. The molecule has 1 aromatic carbocycles. The van der Waals surface area contributed by atoms with Gasteiger partial charge in [-0.1, -0.05) is 26.0 Å². The minimum absolute atomic E-state index is 0.251. The number of nitrogens with two attached hydrogens (primary N) is 1. The predicted octanol–water partition coefficient (Wildman–Crippen LogP) is 2.59. The maximum atomic E-state index is 11.8. The number of ether oxygens (including phenoxy) is 2. The number of hydrogen-bond acceptors (Lipinski definition) is 4. The number of anilines is 1. The highest BCUT2D eigenvalue weighted by atomic mass is 16.6. The van der Waals surface area contributed by atoms with Crippen molar-refractivity contribution in [3.63, 3.8) is 0 Å². The lowest BCUT2D eigenvalue weighted by atomic mass is 10.0. The Hall–Kier alpha value is -1.55. The van der Waals surface area contributed by atoms with Crippen LogP contribution in [0.3, 0.4) is 0 Å². The van der Waals surface area contributed by atoms with Gasteiger partial charge >= 0.3 is 5.97 Å². The van der Waals surface area contributed by atoms with Crippen molar-refractivity contribution in [3.8, 4) is 0 Å². The quantitative estimate of drug-likeness (QED) is 0.467. The van der Waals surface area contributed by atoms with Crippen LogP contribution in [0, 0.1) is 5.92 Å². The van der Waals surface area contributed by atoms with Crippen molar-refractivity contribution in [1.82, 2.24) is 0 Å². The van der Waals surface area contributed by atoms with Crippen molar-refractivity contribution >= 4 is 11.7 Å². The lowest BCUT2D eigenvalue weighted by Gasteiger charge is -2.13. The van der Waals surface area contributed by atoms with Crippen molar-refractivity contribution in [2.75, 3.05) is 25.6 Å². The largest absolute Gasteiger partial charge is 0.463 e. The first-order chi connectivity index (χ1) is 9.00. The molecule has 19 heavy (non-hydrogen) atoms. The molecule has 0 aliphatic heterocycles. The summed E-state index contributed by atoms with van der Waals surface area (Å²) in [7, 11) is 0. The van der Waals surface area contributed by atoms with E-state index in [-0.39, 0.29) is 18.5 Å². The Bertz CT molecular complexity index is 404. The lowest BCUT2D eigenvalue weighted by Crippen LogP contribution is -2.17. The minimum atomic E-state index is -0.311. The molecule has 106 valence electrons. The fourth-order valence-electron chi connectivity index (χ4n) is 1.61. The van der Waals surface area contributed by atoms with E-state index in [0.29, 0.717) is 24.8 Å². The number of benzene rings is 1. The van der Waals surface area contributed by atoms with Gasteiger partial charge in [-0.25, -0.2) is 0 Å². The van der Waals surface area contributed by atoms with Crippen LogP contribution in [0.5, 0.6) is 0 Å². The summed E-state index contributed by atoms with van der Waals surface area (Å²) >= 11 is 0. The Morgan fingerprint density at radius 2 is 2.00 bits per heavy atom. The molecule has 0 fully saturated rings. The lowest BCUT2D eigenvalue weighted by molar-refractivity contribution is -0.146. The molecule has 1 rings (SSSR count). The van der Waals surface area contributed by atoms with E-state index < -0.39 is 0 Å². The molecule has 4 heteroatoms. The van der Waals surface area contributed by atoms with Crippen LogP contribution < -0.4 is 5.73 Å². The van der Waals surface area contributed by atoms with Gasteiger partial charge in [-0.15, -0.1) is 0 Å². The van der Waals surface area contributed by atoms with Gasteiger partial charge in [0.2, 0.25) is 0 Å². The zero-order valence-electron chi connectivity index (χ0n) is 11.9. The molecule has 0 saturated heterocycles. The summed E-state index contributed by atoms with van der Waals surface area (Å²) < 4.78 is 10.5. The average molecular weight is 265 g/mol. The third kappa shape index (κ3) is 5.75. The first-order valence-electron chi connectivity index (χ1n) is 6.60. The van der Waals surface area contributed by atoms with Gasteiger partial charge in [-0.3, -0.25) is 4.79 Å². The van der Waals surface area contributed by atoms with Gasteiger partial charge in [0, 0.05) is 12.3 Å². The first kappa shape index (κ1) is 15.5. The SMILES string of the molecule is CC(C)COCCOC(=O)C(C)c1cccc(N)c1. The van der Waals surface area contributed by atoms with Gasteiger partial charge in [-0.2, -0.15) is 0 Å². The molecule has 0 aromatic heterocycles. The van der Waals surface area contributed by atoms with E-state index >= 15 is 0 Å². The molecule has 0 radical (unpaired) electrons. The molecule has 4 nitrogen and oxygen atoms in total. The monoisotopic (exact) mass is 265 g/mol. The average Bonchev–Trinajstić information content (AvgIpc) is 2.36. The molecule has 1 aromatic rings. The van der Waals surface area contributed by atoms with Gasteiger partial charge in [-0.05, 0) is 30.5 Å². The standard InChI is InChI=1S/C15H23NO3/c1-11(2)10-18-7-8-19-15(17)12(3)13-5-4-6-14(16)9-13/h4-6,9,11-12H,7-8,10,16H2,1-3H3. The van der Waals surface area contributed by atoms with Gasteiger partial charge in [0.15, 0.2) is 0 Å². The molecule has 0 bridgehead atoms. The van der Waals surface area contributed by atoms with E-state index in [1.807, 2.05) is 19.1 Å². The molecular weight excluding hydrogens is 242 g/mol. The number of esters is 1. The molecular formula is C15H23NO3. The van der Waals surface area contributed by atoms with E-state index in [2.05, 4.69) is 13.8 Å². The van der Waals surface area contributed by atoms with Crippen molar-refractivity contribution in [1.29, 1.82) is 0 Å². The van der Waals surface area contributed by atoms with Gasteiger partial charge in [0.05, 0.1) is 12.5 Å². The predicted molar refractivity (Wildman–Crippen MR) is 75.9 cm³/mol. The Morgan fingerprint density at radius 1 is 1.26 bits per heavy atom. The Labute approximate surface area is 114 Å². The van der Waals surface area contributed by atoms with E-state index in [9.17, 15) is 4.79 Å². The molecule has 0 aliphatic rings. The van der Waals surface area contributed by atoms with Gasteiger partial charge in [0.1, 0.15) is 6.61 Å². The highest BCUT2D eigenvalue weighted by Crippen LogP contribution is 2.18. The minimum Gasteiger partial charge on any atom is -0.463 e. The summed E-state index contributed by atoms with van der Waals surface area (Å²) in [6.07, 6.45) is 0. The van der Waals surface area contributed by atoms with Crippen LogP contribution >= 0.6 is 0 Å². The number of carbonyl (C=O) groups is 1. The molecule has 0 heterocycles. The Morgan fingerprint density at radius 3 is 2.63 bits per heavy atom. The van der Waals surface area contributed by atoms with E-state index in [1.165, 1.54) is 0 Å². The summed E-state index contributed by atoms with van der Waals surface area (Å²) in [4.78, 5) is 11.8. The summed E-state index contributed by atoms with van der Waals surface area (Å²) in [6.45, 7) is 7.38. The second-order valence-corrected chi connectivity index (χ2v) is 5.03. The normalized spacial score (nSPS) is 12.4. The summed E-state index contributed by atoms with van der Waals surface area (Å²) in [5.41, 5.74) is 7.21. The van der Waals surface area contributed by atoms with Crippen LogP contribution in [-0.2, 0) is 14.3 Å². The number of nitrogen functional groups attached to an aromatic ring is 1.